The van der Waals surface area contributed by atoms with E-state index in [2.05, 4.69) is 20.9 Å². The summed E-state index contributed by atoms with van der Waals surface area (Å²) in [4.78, 5) is 15.0. The standard InChI is InChI=1S/C10H11BrFNO3/c1-6(5-14)16-10-9(12)7(2-3-13-10)8(15)4-11/h2-3,6,14H,4-5H2,1H3/t6-/m1/s1. The lowest BCUT2D eigenvalue weighted by atomic mass is 10.2. The molecule has 0 aliphatic carbocycles. The minimum Gasteiger partial charge on any atom is -0.470 e. The number of ether oxygens (including phenoxy) is 1. The third-order valence-electron chi connectivity index (χ3n) is 1.85. The Balaban J connectivity index is 2.99. The lowest BCUT2D eigenvalue weighted by Crippen LogP contribution is -2.18. The molecule has 0 spiro atoms. The molecule has 1 aromatic heterocycles. The normalized spacial score (nSPS) is 12.2. The van der Waals surface area contributed by atoms with Crippen LogP contribution in [0.3, 0.4) is 0 Å². The van der Waals surface area contributed by atoms with Gasteiger partial charge >= 0.3 is 0 Å². The van der Waals surface area contributed by atoms with E-state index < -0.39 is 11.9 Å². The number of Topliss-reactive ketones (excluding diaryl/α,β-unsaturated/α-hetero) is 1. The summed E-state index contributed by atoms with van der Waals surface area (Å²) in [5.41, 5.74) is -0.0768. The number of carbonyl (C=O) groups excluding carboxylic acids is 1. The molecular formula is C10H11BrFNO3. The number of carbonyl (C=O) groups is 1. The number of ketones is 1. The third kappa shape index (κ3) is 2.99. The number of alkyl halides is 1. The molecule has 88 valence electrons. The Morgan fingerprint density at radius 2 is 2.44 bits per heavy atom. The van der Waals surface area contributed by atoms with E-state index in [1.54, 1.807) is 6.92 Å². The molecule has 0 aliphatic rings. The van der Waals surface area contributed by atoms with Crippen molar-refractivity contribution in [2.45, 2.75) is 13.0 Å². The first kappa shape index (κ1) is 13.1. The molecule has 1 atom stereocenters. The fourth-order valence-corrected chi connectivity index (χ4v) is 1.32. The molecule has 0 radical (unpaired) electrons. The maximum Gasteiger partial charge on any atom is 0.251 e. The molecule has 1 rings (SSSR count). The van der Waals surface area contributed by atoms with Crippen LogP contribution in [0.5, 0.6) is 5.88 Å². The van der Waals surface area contributed by atoms with Gasteiger partial charge in [-0.15, -0.1) is 0 Å². The van der Waals surface area contributed by atoms with Crippen molar-refractivity contribution >= 4 is 21.7 Å². The highest BCUT2D eigenvalue weighted by molar-refractivity contribution is 9.09. The Kier molecular flexibility index (Phi) is 4.82. The molecule has 0 aliphatic heterocycles. The largest absolute Gasteiger partial charge is 0.470 e. The van der Waals surface area contributed by atoms with E-state index in [0.29, 0.717) is 0 Å². The van der Waals surface area contributed by atoms with Crippen LogP contribution in [0.1, 0.15) is 17.3 Å². The Morgan fingerprint density at radius 1 is 1.75 bits per heavy atom. The molecule has 16 heavy (non-hydrogen) atoms. The van der Waals surface area contributed by atoms with E-state index >= 15 is 0 Å². The number of halogens is 2. The molecule has 0 amide bonds. The van der Waals surface area contributed by atoms with Crippen LogP contribution >= 0.6 is 15.9 Å². The van der Waals surface area contributed by atoms with Crippen LogP contribution in [0.2, 0.25) is 0 Å². The molecular weight excluding hydrogens is 281 g/mol. The molecule has 4 nitrogen and oxygen atoms in total. The summed E-state index contributed by atoms with van der Waals surface area (Å²) in [7, 11) is 0. The highest BCUT2D eigenvalue weighted by Gasteiger charge is 2.17. The SMILES string of the molecule is C[C@H](CO)Oc1nccc(C(=O)CBr)c1F. The second kappa shape index (κ2) is 5.91. The zero-order valence-electron chi connectivity index (χ0n) is 8.61. The summed E-state index contributed by atoms with van der Waals surface area (Å²) < 4.78 is 18.7. The van der Waals surface area contributed by atoms with Crippen LogP contribution < -0.4 is 4.74 Å². The first-order valence-electron chi connectivity index (χ1n) is 4.61. The predicted octanol–water partition coefficient (Wildman–Crippen LogP) is 1.56. The fourth-order valence-electron chi connectivity index (χ4n) is 1.02. The number of pyridine rings is 1. The molecule has 1 N–H and O–H groups in total. The fraction of sp³-hybridized carbons (Fsp3) is 0.400. The quantitative estimate of drug-likeness (QED) is 0.661. The van der Waals surface area contributed by atoms with Crippen molar-refractivity contribution in [1.82, 2.24) is 4.98 Å². The van der Waals surface area contributed by atoms with E-state index in [1.807, 2.05) is 0 Å². The van der Waals surface area contributed by atoms with E-state index in [4.69, 9.17) is 9.84 Å². The van der Waals surface area contributed by atoms with Crippen LogP contribution in [0, 0.1) is 5.82 Å². The van der Waals surface area contributed by atoms with E-state index in [0.717, 1.165) is 0 Å². The molecule has 0 saturated carbocycles. The van der Waals surface area contributed by atoms with Gasteiger partial charge in [-0.3, -0.25) is 4.79 Å². The molecule has 0 bridgehead atoms. The van der Waals surface area contributed by atoms with E-state index in [1.165, 1.54) is 12.3 Å². The summed E-state index contributed by atoms with van der Waals surface area (Å²) in [5.74, 6) is -1.46. The molecule has 0 fully saturated rings. The number of rotatable bonds is 5. The lowest BCUT2D eigenvalue weighted by Gasteiger charge is -2.12. The zero-order chi connectivity index (χ0) is 12.1. The van der Waals surface area contributed by atoms with Crippen LogP contribution in [0.25, 0.3) is 0 Å². The lowest BCUT2D eigenvalue weighted by molar-refractivity contribution is 0.101. The number of nitrogens with zero attached hydrogens (tertiary/aromatic N) is 1. The molecule has 0 unspecified atom stereocenters. The van der Waals surface area contributed by atoms with Crippen LogP contribution in [-0.4, -0.2) is 33.9 Å². The van der Waals surface area contributed by atoms with Crippen molar-refractivity contribution in [2.24, 2.45) is 0 Å². The summed E-state index contributed by atoms with van der Waals surface area (Å²) in [6, 6.07) is 1.29. The van der Waals surface area contributed by atoms with Gasteiger partial charge in [0.05, 0.1) is 17.5 Å². The smallest absolute Gasteiger partial charge is 0.251 e. The highest BCUT2D eigenvalue weighted by Crippen LogP contribution is 2.19. The number of aromatic nitrogens is 1. The Bertz CT molecular complexity index is 386. The van der Waals surface area contributed by atoms with Gasteiger partial charge in [0, 0.05) is 6.20 Å². The minimum atomic E-state index is -0.799. The molecule has 6 heteroatoms. The van der Waals surface area contributed by atoms with Crippen LogP contribution in [-0.2, 0) is 0 Å². The number of hydrogen-bond acceptors (Lipinski definition) is 4. The second-order valence-corrected chi connectivity index (χ2v) is 3.71. The first-order valence-corrected chi connectivity index (χ1v) is 5.73. The van der Waals surface area contributed by atoms with Gasteiger partial charge in [0.15, 0.2) is 11.6 Å². The van der Waals surface area contributed by atoms with Crippen LogP contribution in [0.4, 0.5) is 4.39 Å². The van der Waals surface area contributed by atoms with Crippen molar-refractivity contribution in [2.75, 3.05) is 11.9 Å². The maximum atomic E-state index is 13.7. The minimum absolute atomic E-state index is 0.0307. The number of aliphatic hydroxyl groups excluding tert-OH is 1. The second-order valence-electron chi connectivity index (χ2n) is 3.15. The maximum absolute atomic E-state index is 13.7. The summed E-state index contributed by atoms with van der Waals surface area (Å²) in [6.45, 7) is 1.32. The first-order chi connectivity index (χ1) is 7.60. The van der Waals surface area contributed by atoms with Crippen molar-refractivity contribution in [1.29, 1.82) is 0 Å². The summed E-state index contributed by atoms with van der Waals surface area (Å²) in [6.07, 6.45) is 0.717. The van der Waals surface area contributed by atoms with Gasteiger partial charge in [0.25, 0.3) is 5.88 Å². The van der Waals surface area contributed by atoms with Crippen LogP contribution in [0.15, 0.2) is 12.3 Å². The number of aliphatic hydroxyl groups is 1. The Morgan fingerprint density at radius 3 is 3.00 bits per heavy atom. The van der Waals surface area contributed by atoms with Gasteiger partial charge in [-0.05, 0) is 13.0 Å². The van der Waals surface area contributed by atoms with Gasteiger partial charge < -0.3 is 9.84 Å². The molecule has 1 heterocycles. The number of hydrogen-bond donors (Lipinski definition) is 1. The monoisotopic (exact) mass is 291 g/mol. The van der Waals surface area contributed by atoms with Gasteiger partial charge in [-0.2, -0.15) is 0 Å². The zero-order valence-corrected chi connectivity index (χ0v) is 10.2. The van der Waals surface area contributed by atoms with Gasteiger partial charge in [0.2, 0.25) is 0 Å². The van der Waals surface area contributed by atoms with E-state index in [-0.39, 0.29) is 29.2 Å². The molecule has 0 saturated heterocycles. The highest BCUT2D eigenvalue weighted by atomic mass is 79.9. The van der Waals surface area contributed by atoms with Crippen molar-refractivity contribution in [3.63, 3.8) is 0 Å². The topological polar surface area (TPSA) is 59.4 Å². The molecule has 1 aromatic rings. The Hall–Kier alpha value is -1.01. The summed E-state index contributed by atoms with van der Waals surface area (Å²) >= 11 is 2.96. The van der Waals surface area contributed by atoms with Crippen molar-refractivity contribution in [3.05, 3.63) is 23.6 Å². The average molecular weight is 292 g/mol. The predicted molar refractivity (Wildman–Crippen MR) is 59.5 cm³/mol. The van der Waals surface area contributed by atoms with E-state index in [9.17, 15) is 9.18 Å². The van der Waals surface area contributed by atoms with Crippen molar-refractivity contribution < 1.29 is 19.0 Å². The molecule has 0 aromatic carbocycles. The Labute approximate surface area is 101 Å². The third-order valence-corrected chi connectivity index (χ3v) is 2.36. The summed E-state index contributed by atoms with van der Waals surface area (Å²) in [5, 5.41) is 8.79. The average Bonchev–Trinajstić information content (AvgIpc) is 2.30. The van der Waals surface area contributed by atoms with Gasteiger partial charge in [0.1, 0.15) is 6.10 Å². The van der Waals surface area contributed by atoms with Gasteiger partial charge in [-0.1, -0.05) is 15.9 Å². The van der Waals surface area contributed by atoms with Gasteiger partial charge in [-0.25, -0.2) is 9.37 Å². The van der Waals surface area contributed by atoms with Crippen molar-refractivity contribution in [3.8, 4) is 5.88 Å².